The minimum absolute atomic E-state index is 0.0122. The van der Waals surface area contributed by atoms with E-state index in [2.05, 4.69) is 5.10 Å². The van der Waals surface area contributed by atoms with Crippen LogP contribution in [0.4, 0.5) is 5.69 Å². The van der Waals surface area contributed by atoms with E-state index in [-0.39, 0.29) is 11.5 Å². The molecule has 0 atom stereocenters. The molecule has 1 heterocycles. The molecule has 2 aromatic carbocycles. The lowest BCUT2D eigenvalue weighted by molar-refractivity contribution is -0.255. The van der Waals surface area contributed by atoms with E-state index in [1.165, 1.54) is 36.2 Å². The molecule has 154 valence electrons. The highest BCUT2D eigenvalue weighted by molar-refractivity contribution is 6.32. The van der Waals surface area contributed by atoms with Crippen molar-refractivity contribution in [3.63, 3.8) is 0 Å². The van der Waals surface area contributed by atoms with Gasteiger partial charge in [-0.1, -0.05) is 18.2 Å². The largest absolute Gasteiger partial charge is 0.545 e. The fraction of sp³-hybridized carbons (Fsp3) is 0.182. The quantitative estimate of drug-likeness (QED) is 0.413. The van der Waals surface area contributed by atoms with E-state index in [4.69, 9.17) is 9.47 Å². The van der Waals surface area contributed by atoms with Gasteiger partial charge >= 0.3 is 5.97 Å². The SMILES string of the molecule is CCOc1cc(/C=C2/C(=O)N(c3ccc(C(=O)[O-])cc3)N=C2C)ccc1OC(C)=O. The van der Waals surface area contributed by atoms with Crippen LogP contribution in [-0.4, -0.2) is 30.2 Å². The van der Waals surface area contributed by atoms with Crippen LogP contribution in [0, 0.1) is 0 Å². The van der Waals surface area contributed by atoms with Gasteiger partial charge in [-0.25, -0.2) is 0 Å². The number of rotatable bonds is 6. The third kappa shape index (κ3) is 4.38. The van der Waals surface area contributed by atoms with Crippen LogP contribution >= 0.6 is 0 Å². The molecule has 3 rings (SSSR count). The number of hydrazone groups is 1. The molecule has 0 fully saturated rings. The number of nitrogens with zero attached hydrogens (tertiary/aromatic N) is 2. The predicted molar refractivity (Wildman–Crippen MR) is 108 cm³/mol. The first-order valence-electron chi connectivity index (χ1n) is 9.18. The molecule has 0 N–H and O–H groups in total. The monoisotopic (exact) mass is 407 g/mol. The second-order valence-corrected chi connectivity index (χ2v) is 6.43. The van der Waals surface area contributed by atoms with Gasteiger partial charge in [-0.2, -0.15) is 10.1 Å². The van der Waals surface area contributed by atoms with E-state index >= 15 is 0 Å². The maximum Gasteiger partial charge on any atom is 0.308 e. The molecule has 0 bridgehead atoms. The van der Waals surface area contributed by atoms with Gasteiger partial charge in [-0.15, -0.1) is 0 Å². The molecule has 1 amide bonds. The second-order valence-electron chi connectivity index (χ2n) is 6.43. The van der Waals surface area contributed by atoms with E-state index in [9.17, 15) is 19.5 Å². The Bertz CT molecular complexity index is 1070. The van der Waals surface area contributed by atoms with Gasteiger partial charge in [0.25, 0.3) is 5.91 Å². The average molecular weight is 407 g/mol. The van der Waals surface area contributed by atoms with Crippen LogP contribution < -0.4 is 19.6 Å². The highest BCUT2D eigenvalue weighted by Crippen LogP contribution is 2.31. The highest BCUT2D eigenvalue weighted by Gasteiger charge is 2.28. The molecular formula is C22H19N2O6-. The summed E-state index contributed by atoms with van der Waals surface area (Å²) in [7, 11) is 0. The summed E-state index contributed by atoms with van der Waals surface area (Å²) in [6.45, 7) is 5.19. The summed E-state index contributed by atoms with van der Waals surface area (Å²) in [6.07, 6.45) is 1.66. The summed E-state index contributed by atoms with van der Waals surface area (Å²) in [5, 5.41) is 16.4. The van der Waals surface area contributed by atoms with Gasteiger partial charge in [0.2, 0.25) is 0 Å². The third-order valence-electron chi connectivity index (χ3n) is 4.24. The van der Waals surface area contributed by atoms with Crippen LogP contribution in [0.2, 0.25) is 0 Å². The van der Waals surface area contributed by atoms with Crippen LogP contribution in [0.1, 0.15) is 36.7 Å². The van der Waals surface area contributed by atoms with E-state index in [1.54, 1.807) is 31.2 Å². The number of aromatic carboxylic acids is 1. The van der Waals surface area contributed by atoms with Gasteiger partial charge in [0, 0.05) is 6.92 Å². The summed E-state index contributed by atoms with van der Waals surface area (Å²) in [5.74, 6) is -1.43. The highest BCUT2D eigenvalue weighted by atomic mass is 16.6. The lowest BCUT2D eigenvalue weighted by Gasteiger charge is -2.13. The zero-order chi connectivity index (χ0) is 21.8. The van der Waals surface area contributed by atoms with Gasteiger partial charge < -0.3 is 19.4 Å². The lowest BCUT2D eigenvalue weighted by Crippen LogP contribution is -2.23. The van der Waals surface area contributed by atoms with Crippen molar-refractivity contribution in [3.8, 4) is 11.5 Å². The molecule has 0 saturated carbocycles. The summed E-state index contributed by atoms with van der Waals surface area (Å²) < 4.78 is 10.7. The van der Waals surface area contributed by atoms with Gasteiger partial charge in [-0.3, -0.25) is 9.59 Å². The molecule has 30 heavy (non-hydrogen) atoms. The van der Waals surface area contributed by atoms with E-state index in [1.807, 2.05) is 6.92 Å². The topological polar surface area (TPSA) is 108 Å². The van der Waals surface area contributed by atoms with E-state index < -0.39 is 11.9 Å². The average Bonchev–Trinajstić information content (AvgIpc) is 2.98. The number of esters is 1. The first kappa shape index (κ1) is 20.8. The molecule has 0 aliphatic carbocycles. The first-order valence-corrected chi connectivity index (χ1v) is 9.18. The number of hydrogen-bond donors (Lipinski definition) is 0. The molecule has 8 nitrogen and oxygen atoms in total. The molecule has 2 aromatic rings. The number of hydrogen-bond acceptors (Lipinski definition) is 7. The number of carboxylic acid groups (broad SMARTS) is 1. The molecule has 1 aliphatic rings. The molecular weight excluding hydrogens is 388 g/mol. The zero-order valence-corrected chi connectivity index (χ0v) is 16.7. The number of carbonyl (C=O) groups excluding carboxylic acids is 3. The minimum atomic E-state index is -1.29. The number of ether oxygens (including phenoxy) is 2. The number of benzene rings is 2. The van der Waals surface area contributed by atoms with E-state index in [0.29, 0.717) is 40.6 Å². The maximum atomic E-state index is 12.9. The number of amides is 1. The maximum absolute atomic E-state index is 12.9. The Morgan fingerprint density at radius 1 is 1.13 bits per heavy atom. The van der Waals surface area contributed by atoms with Crippen LogP contribution in [-0.2, 0) is 9.59 Å². The number of carboxylic acids is 1. The zero-order valence-electron chi connectivity index (χ0n) is 16.7. The Morgan fingerprint density at radius 3 is 2.43 bits per heavy atom. The van der Waals surface area contributed by atoms with E-state index in [0.717, 1.165) is 0 Å². The predicted octanol–water partition coefficient (Wildman–Crippen LogP) is 2.18. The van der Waals surface area contributed by atoms with Crippen LogP contribution in [0.3, 0.4) is 0 Å². The van der Waals surface area contributed by atoms with Crippen molar-refractivity contribution in [1.82, 2.24) is 0 Å². The third-order valence-corrected chi connectivity index (χ3v) is 4.24. The van der Waals surface area contributed by atoms with Crippen LogP contribution in [0.25, 0.3) is 6.08 Å². The molecule has 1 aliphatic heterocycles. The normalized spacial score (nSPS) is 14.6. The van der Waals surface area contributed by atoms with Gasteiger partial charge in [0.15, 0.2) is 11.5 Å². The van der Waals surface area contributed by atoms with Crippen molar-refractivity contribution in [2.75, 3.05) is 11.6 Å². The van der Waals surface area contributed by atoms with Crippen LogP contribution in [0.15, 0.2) is 53.1 Å². The Kier molecular flexibility index (Phi) is 5.96. The summed E-state index contributed by atoms with van der Waals surface area (Å²) in [4.78, 5) is 35.0. The van der Waals surface area contributed by atoms with Crippen LogP contribution in [0.5, 0.6) is 11.5 Å². The smallest absolute Gasteiger partial charge is 0.308 e. The summed E-state index contributed by atoms with van der Waals surface area (Å²) in [5.41, 5.74) is 2.00. The van der Waals surface area contributed by atoms with Crippen molar-refractivity contribution in [2.45, 2.75) is 20.8 Å². The van der Waals surface area contributed by atoms with Gasteiger partial charge in [0.1, 0.15) is 0 Å². The Hall–Kier alpha value is -3.94. The Balaban J connectivity index is 1.90. The lowest BCUT2D eigenvalue weighted by atomic mass is 10.1. The van der Waals surface area contributed by atoms with Crippen molar-refractivity contribution in [2.24, 2.45) is 5.10 Å². The fourth-order valence-corrected chi connectivity index (χ4v) is 2.89. The van der Waals surface area contributed by atoms with Crippen molar-refractivity contribution < 1.29 is 29.0 Å². The Labute approximate surface area is 173 Å². The minimum Gasteiger partial charge on any atom is -0.545 e. The van der Waals surface area contributed by atoms with Crippen molar-refractivity contribution in [3.05, 3.63) is 59.2 Å². The van der Waals surface area contributed by atoms with Gasteiger partial charge in [0.05, 0.1) is 29.5 Å². The first-order chi connectivity index (χ1) is 14.3. The molecule has 0 aromatic heterocycles. The molecule has 0 saturated heterocycles. The van der Waals surface area contributed by atoms with Crippen molar-refractivity contribution in [1.29, 1.82) is 0 Å². The standard InChI is InChI=1S/C22H20N2O6/c1-4-29-20-12-15(5-10-19(20)30-14(3)25)11-18-13(2)23-24(21(18)26)17-8-6-16(7-9-17)22(27)28/h5-12H,4H2,1-3H3,(H,27,28)/p-1/b18-11+. The number of carbonyl (C=O) groups is 3. The molecule has 0 unspecified atom stereocenters. The van der Waals surface area contributed by atoms with Crippen molar-refractivity contribution >= 4 is 35.3 Å². The molecule has 0 spiro atoms. The second kappa shape index (κ2) is 8.60. The molecule has 8 heteroatoms. The Morgan fingerprint density at radius 2 is 1.83 bits per heavy atom. The fourth-order valence-electron chi connectivity index (χ4n) is 2.89. The summed E-state index contributed by atoms with van der Waals surface area (Å²) >= 11 is 0. The summed E-state index contributed by atoms with van der Waals surface area (Å²) in [6, 6.07) is 10.7. The number of anilines is 1. The van der Waals surface area contributed by atoms with Gasteiger partial charge in [-0.05, 0) is 55.3 Å². The molecule has 0 radical (unpaired) electrons.